The standard InChI is InChI=1S/C19H12F4N4/c20-14-5-11(7-24-9-14)10-27-19-13(8-25-27)2-4-17(26-19)12-1-3-16(21)15(6-12)18(22)23/h1-9,18H,10H2. The van der Waals surface area contributed by atoms with Crippen LogP contribution in [0, 0.1) is 11.6 Å². The summed E-state index contributed by atoms with van der Waals surface area (Å²) < 4.78 is 54.3. The van der Waals surface area contributed by atoms with Crippen LogP contribution in [0.1, 0.15) is 17.6 Å². The monoisotopic (exact) mass is 372 g/mol. The van der Waals surface area contributed by atoms with Crippen LogP contribution in [0.15, 0.2) is 55.0 Å². The molecule has 27 heavy (non-hydrogen) atoms. The van der Waals surface area contributed by atoms with Crippen LogP contribution in [-0.2, 0) is 6.54 Å². The molecule has 0 spiro atoms. The average molecular weight is 372 g/mol. The van der Waals surface area contributed by atoms with Crippen molar-refractivity contribution in [2.75, 3.05) is 0 Å². The number of nitrogens with zero attached hydrogens (tertiary/aromatic N) is 4. The lowest BCUT2D eigenvalue weighted by Crippen LogP contribution is -2.03. The molecule has 0 radical (unpaired) electrons. The Morgan fingerprint density at radius 1 is 0.963 bits per heavy atom. The lowest BCUT2D eigenvalue weighted by molar-refractivity contribution is 0.146. The highest BCUT2D eigenvalue weighted by Gasteiger charge is 2.15. The normalized spacial score (nSPS) is 11.4. The second-order valence-corrected chi connectivity index (χ2v) is 5.96. The number of alkyl halides is 2. The minimum atomic E-state index is -2.92. The first kappa shape index (κ1) is 17.1. The van der Waals surface area contributed by atoms with E-state index in [2.05, 4.69) is 15.1 Å². The first-order chi connectivity index (χ1) is 13.0. The molecule has 8 heteroatoms. The molecule has 1 aromatic carbocycles. The summed E-state index contributed by atoms with van der Waals surface area (Å²) in [6.45, 7) is 0.246. The summed E-state index contributed by atoms with van der Waals surface area (Å²) in [6.07, 6.45) is 1.32. The fraction of sp³-hybridized carbons (Fsp3) is 0.105. The molecule has 3 heterocycles. The van der Waals surface area contributed by atoms with E-state index in [0.29, 0.717) is 22.5 Å². The van der Waals surface area contributed by atoms with Gasteiger partial charge in [-0.2, -0.15) is 5.10 Å². The van der Waals surface area contributed by atoms with Crippen LogP contribution in [0.25, 0.3) is 22.3 Å². The van der Waals surface area contributed by atoms with E-state index in [-0.39, 0.29) is 6.54 Å². The molecule has 0 atom stereocenters. The van der Waals surface area contributed by atoms with Gasteiger partial charge >= 0.3 is 0 Å². The summed E-state index contributed by atoms with van der Waals surface area (Å²) >= 11 is 0. The van der Waals surface area contributed by atoms with Gasteiger partial charge in [0.1, 0.15) is 11.6 Å². The Kier molecular flexibility index (Phi) is 4.31. The number of hydrogen-bond donors (Lipinski definition) is 0. The highest BCUT2D eigenvalue weighted by atomic mass is 19.3. The van der Waals surface area contributed by atoms with Crippen molar-refractivity contribution in [2.24, 2.45) is 0 Å². The number of fused-ring (bicyclic) bond motifs is 1. The lowest BCUT2D eigenvalue weighted by atomic mass is 10.1. The molecule has 0 fully saturated rings. The molecule has 0 bridgehead atoms. The third kappa shape index (κ3) is 3.38. The molecule has 3 aromatic heterocycles. The first-order valence-corrected chi connectivity index (χ1v) is 8.01. The molecule has 0 aliphatic rings. The minimum Gasteiger partial charge on any atom is -0.261 e. The van der Waals surface area contributed by atoms with Gasteiger partial charge in [-0.1, -0.05) is 0 Å². The van der Waals surface area contributed by atoms with Crippen LogP contribution in [0.3, 0.4) is 0 Å². The van der Waals surface area contributed by atoms with E-state index in [9.17, 15) is 17.6 Å². The lowest BCUT2D eigenvalue weighted by Gasteiger charge is -2.07. The summed E-state index contributed by atoms with van der Waals surface area (Å²) in [4.78, 5) is 8.27. The van der Waals surface area contributed by atoms with Crippen molar-refractivity contribution in [1.82, 2.24) is 19.7 Å². The molecule has 0 saturated heterocycles. The van der Waals surface area contributed by atoms with Crippen LogP contribution in [-0.4, -0.2) is 19.7 Å². The molecule has 4 aromatic rings. The van der Waals surface area contributed by atoms with Gasteiger partial charge in [-0.15, -0.1) is 0 Å². The van der Waals surface area contributed by atoms with E-state index in [1.54, 1.807) is 23.0 Å². The summed E-state index contributed by atoms with van der Waals surface area (Å²) in [5.41, 5.74) is 1.21. The first-order valence-electron chi connectivity index (χ1n) is 8.01. The maximum Gasteiger partial charge on any atom is 0.266 e. The number of benzene rings is 1. The quantitative estimate of drug-likeness (QED) is 0.485. The van der Waals surface area contributed by atoms with E-state index >= 15 is 0 Å². The molecule has 0 aliphatic carbocycles. The Bertz CT molecular complexity index is 1120. The highest BCUT2D eigenvalue weighted by Crippen LogP contribution is 2.28. The van der Waals surface area contributed by atoms with Crippen molar-refractivity contribution in [3.05, 3.63) is 77.8 Å². The second-order valence-electron chi connectivity index (χ2n) is 5.96. The predicted molar refractivity (Wildman–Crippen MR) is 91.2 cm³/mol. The Labute approximate surface area is 151 Å². The van der Waals surface area contributed by atoms with Crippen LogP contribution in [0.5, 0.6) is 0 Å². The van der Waals surface area contributed by atoms with Crippen molar-refractivity contribution < 1.29 is 17.6 Å². The maximum absolute atomic E-state index is 13.5. The fourth-order valence-electron chi connectivity index (χ4n) is 2.82. The second kappa shape index (κ2) is 6.79. The summed E-state index contributed by atoms with van der Waals surface area (Å²) in [5, 5.41) is 4.97. The van der Waals surface area contributed by atoms with Gasteiger partial charge in [-0.05, 0) is 42.0 Å². The SMILES string of the molecule is Fc1cncc(Cn2ncc3ccc(-c4ccc(F)c(C(F)F)c4)nc32)c1. The Morgan fingerprint density at radius 2 is 1.81 bits per heavy atom. The molecule has 4 rings (SSSR count). The minimum absolute atomic E-state index is 0.246. The van der Waals surface area contributed by atoms with Gasteiger partial charge in [0.05, 0.1) is 30.2 Å². The van der Waals surface area contributed by atoms with Gasteiger partial charge in [0.25, 0.3) is 6.43 Å². The van der Waals surface area contributed by atoms with E-state index in [1.807, 2.05) is 0 Å². The zero-order valence-electron chi connectivity index (χ0n) is 13.8. The molecular formula is C19H12F4N4. The van der Waals surface area contributed by atoms with Crippen molar-refractivity contribution >= 4 is 11.0 Å². The number of hydrogen-bond acceptors (Lipinski definition) is 3. The largest absolute Gasteiger partial charge is 0.266 e. The summed E-state index contributed by atoms with van der Waals surface area (Å²) in [7, 11) is 0. The molecule has 0 saturated carbocycles. The van der Waals surface area contributed by atoms with Crippen molar-refractivity contribution in [2.45, 2.75) is 13.0 Å². The topological polar surface area (TPSA) is 43.6 Å². The maximum atomic E-state index is 13.5. The van der Waals surface area contributed by atoms with Gasteiger partial charge < -0.3 is 0 Å². The van der Waals surface area contributed by atoms with E-state index < -0.39 is 23.6 Å². The molecule has 0 amide bonds. The van der Waals surface area contributed by atoms with Crippen LogP contribution < -0.4 is 0 Å². The Morgan fingerprint density at radius 3 is 2.59 bits per heavy atom. The third-order valence-corrected chi connectivity index (χ3v) is 4.11. The Hall–Kier alpha value is -3.29. The average Bonchev–Trinajstić information content (AvgIpc) is 3.04. The van der Waals surface area contributed by atoms with Crippen molar-refractivity contribution in [3.63, 3.8) is 0 Å². The number of pyridine rings is 2. The van der Waals surface area contributed by atoms with E-state index in [1.165, 1.54) is 18.3 Å². The van der Waals surface area contributed by atoms with E-state index in [0.717, 1.165) is 23.7 Å². The zero-order chi connectivity index (χ0) is 19.0. The fourth-order valence-corrected chi connectivity index (χ4v) is 2.82. The van der Waals surface area contributed by atoms with Gasteiger partial charge in [0, 0.05) is 17.1 Å². The van der Waals surface area contributed by atoms with Crippen LogP contribution >= 0.6 is 0 Å². The summed E-state index contributed by atoms with van der Waals surface area (Å²) in [5.74, 6) is -1.41. The molecule has 0 aliphatic heterocycles. The third-order valence-electron chi connectivity index (χ3n) is 4.11. The number of rotatable bonds is 4. The Balaban J connectivity index is 1.75. The predicted octanol–water partition coefficient (Wildman–Crippen LogP) is 4.76. The van der Waals surface area contributed by atoms with Crippen molar-refractivity contribution in [1.29, 1.82) is 0 Å². The number of aromatic nitrogens is 4. The molecule has 136 valence electrons. The molecule has 4 nitrogen and oxygen atoms in total. The van der Waals surface area contributed by atoms with Crippen LogP contribution in [0.2, 0.25) is 0 Å². The summed E-state index contributed by atoms with van der Waals surface area (Å²) in [6, 6.07) is 8.23. The van der Waals surface area contributed by atoms with Gasteiger partial charge in [0.2, 0.25) is 0 Å². The van der Waals surface area contributed by atoms with Crippen LogP contribution in [0.4, 0.5) is 17.6 Å². The highest BCUT2D eigenvalue weighted by molar-refractivity contribution is 5.78. The van der Waals surface area contributed by atoms with Gasteiger partial charge in [0.15, 0.2) is 5.65 Å². The molecular weight excluding hydrogens is 360 g/mol. The number of halogens is 4. The van der Waals surface area contributed by atoms with E-state index in [4.69, 9.17) is 0 Å². The molecule has 0 unspecified atom stereocenters. The van der Waals surface area contributed by atoms with Gasteiger partial charge in [-0.25, -0.2) is 27.2 Å². The zero-order valence-corrected chi connectivity index (χ0v) is 13.8. The molecule has 0 N–H and O–H groups in total. The smallest absolute Gasteiger partial charge is 0.261 e. The van der Waals surface area contributed by atoms with Crippen molar-refractivity contribution in [3.8, 4) is 11.3 Å². The van der Waals surface area contributed by atoms with Gasteiger partial charge in [-0.3, -0.25) is 4.98 Å².